The van der Waals surface area contributed by atoms with Gasteiger partial charge in [-0.15, -0.1) is 0 Å². The number of carbonyl (C=O) groups is 1. The standard InChI is InChI=1S/C9H8N2O3/c1-11-3-2-5-6(8(11)12)4-10-7(5)9(13)14/h2-4,10H,1H3,(H,13,14). The lowest BCUT2D eigenvalue weighted by Gasteiger charge is -1.96. The number of H-pyrrole nitrogens is 1. The summed E-state index contributed by atoms with van der Waals surface area (Å²) >= 11 is 0. The van der Waals surface area contributed by atoms with Crippen LogP contribution in [0.2, 0.25) is 0 Å². The van der Waals surface area contributed by atoms with Crippen LogP contribution in [-0.2, 0) is 7.05 Å². The van der Waals surface area contributed by atoms with E-state index in [0.717, 1.165) is 0 Å². The first-order valence-electron chi connectivity index (χ1n) is 4.01. The fourth-order valence-electron chi connectivity index (χ4n) is 1.41. The van der Waals surface area contributed by atoms with E-state index in [1.807, 2.05) is 0 Å². The van der Waals surface area contributed by atoms with Crippen LogP contribution in [0.3, 0.4) is 0 Å². The van der Waals surface area contributed by atoms with E-state index in [1.54, 1.807) is 19.3 Å². The van der Waals surface area contributed by atoms with Crippen LogP contribution in [-0.4, -0.2) is 20.6 Å². The van der Waals surface area contributed by atoms with E-state index in [4.69, 9.17) is 5.11 Å². The van der Waals surface area contributed by atoms with Crippen molar-refractivity contribution in [3.8, 4) is 0 Å². The molecule has 0 spiro atoms. The highest BCUT2D eigenvalue weighted by atomic mass is 16.4. The van der Waals surface area contributed by atoms with Crippen LogP contribution in [0.5, 0.6) is 0 Å². The second-order valence-corrected chi connectivity index (χ2v) is 3.03. The summed E-state index contributed by atoms with van der Waals surface area (Å²) in [5.74, 6) is -1.06. The minimum absolute atomic E-state index is 0.0534. The summed E-state index contributed by atoms with van der Waals surface area (Å²) in [4.78, 5) is 24.8. The number of pyridine rings is 1. The van der Waals surface area contributed by atoms with E-state index in [2.05, 4.69) is 4.98 Å². The highest BCUT2D eigenvalue weighted by molar-refractivity contribution is 6.02. The maximum absolute atomic E-state index is 11.5. The molecular weight excluding hydrogens is 184 g/mol. The Labute approximate surface area is 78.6 Å². The molecule has 0 aromatic carbocycles. The van der Waals surface area contributed by atoms with Crippen molar-refractivity contribution in [2.45, 2.75) is 0 Å². The molecule has 0 aliphatic carbocycles. The number of aryl methyl sites for hydroxylation is 1. The van der Waals surface area contributed by atoms with Gasteiger partial charge in [0.2, 0.25) is 0 Å². The first-order valence-corrected chi connectivity index (χ1v) is 4.01. The van der Waals surface area contributed by atoms with Gasteiger partial charge in [0.05, 0.1) is 5.39 Å². The SMILES string of the molecule is Cn1ccc2c(C(=O)O)[nH]cc2c1=O. The molecule has 2 aromatic rings. The molecule has 0 bridgehead atoms. The number of fused-ring (bicyclic) bond motifs is 1. The van der Waals surface area contributed by atoms with Crippen LogP contribution in [0.1, 0.15) is 10.5 Å². The number of aromatic carboxylic acids is 1. The monoisotopic (exact) mass is 192 g/mol. The molecule has 72 valence electrons. The Balaban J connectivity index is 2.91. The smallest absolute Gasteiger partial charge is 0.352 e. The summed E-state index contributed by atoms with van der Waals surface area (Å²) in [5.41, 5.74) is -0.149. The number of nitrogens with zero attached hydrogens (tertiary/aromatic N) is 1. The fraction of sp³-hybridized carbons (Fsp3) is 0.111. The van der Waals surface area contributed by atoms with Crippen molar-refractivity contribution in [2.75, 3.05) is 0 Å². The molecule has 0 atom stereocenters. The number of nitrogens with one attached hydrogen (secondary N) is 1. The maximum Gasteiger partial charge on any atom is 0.352 e. The first kappa shape index (κ1) is 8.55. The number of hydrogen-bond acceptors (Lipinski definition) is 2. The molecule has 5 nitrogen and oxygen atoms in total. The van der Waals surface area contributed by atoms with Crippen LogP contribution in [0, 0.1) is 0 Å². The normalized spacial score (nSPS) is 10.6. The van der Waals surface area contributed by atoms with Crippen molar-refractivity contribution >= 4 is 16.7 Å². The largest absolute Gasteiger partial charge is 0.477 e. The quantitative estimate of drug-likeness (QED) is 0.693. The molecule has 0 aliphatic rings. The lowest BCUT2D eigenvalue weighted by Crippen LogP contribution is -2.14. The molecule has 0 radical (unpaired) electrons. The van der Waals surface area contributed by atoms with Gasteiger partial charge in [0.25, 0.3) is 5.56 Å². The fourth-order valence-corrected chi connectivity index (χ4v) is 1.41. The number of aromatic amines is 1. The number of aromatic nitrogens is 2. The molecule has 5 heteroatoms. The molecular formula is C9H8N2O3. The Kier molecular flexibility index (Phi) is 1.67. The zero-order valence-corrected chi connectivity index (χ0v) is 7.44. The predicted molar refractivity (Wildman–Crippen MR) is 50.5 cm³/mol. The molecule has 2 heterocycles. The Morgan fingerprint density at radius 2 is 2.21 bits per heavy atom. The van der Waals surface area contributed by atoms with Crippen LogP contribution in [0.15, 0.2) is 23.3 Å². The number of rotatable bonds is 1. The second kappa shape index (κ2) is 2.73. The summed E-state index contributed by atoms with van der Waals surface area (Å²) in [6, 6.07) is 1.61. The van der Waals surface area contributed by atoms with Gasteiger partial charge in [-0.1, -0.05) is 0 Å². The van der Waals surface area contributed by atoms with Gasteiger partial charge in [0, 0.05) is 24.8 Å². The van der Waals surface area contributed by atoms with Crippen LogP contribution in [0.4, 0.5) is 0 Å². The Bertz CT molecular complexity index is 565. The van der Waals surface area contributed by atoms with Gasteiger partial charge in [-0.25, -0.2) is 4.79 Å². The molecule has 0 fully saturated rings. The van der Waals surface area contributed by atoms with E-state index in [1.165, 1.54) is 10.8 Å². The number of carboxylic acid groups (broad SMARTS) is 1. The minimum Gasteiger partial charge on any atom is -0.477 e. The van der Waals surface area contributed by atoms with Crippen molar-refractivity contribution in [2.24, 2.45) is 7.05 Å². The van der Waals surface area contributed by atoms with Gasteiger partial charge < -0.3 is 14.7 Å². The van der Waals surface area contributed by atoms with Crippen molar-refractivity contribution in [1.82, 2.24) is 9.55 Å². The molecule has 14 heavy (non-hydrogen) atoms. The molecule has 0 saturated carbocycles. The van der Waals surface area contributed by atoms with Crippen LogP contribution >= 0.6 is 0 Å². The molecule has 0 saturated heterocycles. The molecule has 0 aliphatic heterocycles. The lowest BCUT2D eigenvalue weighted by atomic mass is 10.2. The van der Waals surface area contributed by atoms with Gasteiger partial charge in [-0.2, -0.15) is 0 Å². The third-order valence-corrected chi connectivity index (χ3v) is 2.15. The summed E-state index contributed by atoms with van der Waals surface area (Å²) in [6.07, 6.45) is 2.96. The molecule has 2 rings (SSSR count). The van der Waals surface area contributed by atoms with Crippen molar-refractivity contribution in [3.05, 3.63) is 34.5 Å². The van der Waals surface area contributed by atoms with Crippen molar-refractivity contribution < 1.29 is 9.90 Å². The van der Waals surface area contributed by atoms with Gasteiger partial charge in [0.15, 0.2) is 0 Å². The van der Waals surface area contributed by atoms with Gasteiger partial charge in [-0.05, 0) is 6.07 Å². The van der Waals surface area contributed by atoms with Gasteiger partial charge in [-0.3, -0.25) is 4.79 Å². The lowest BCUT2D eigenvalue weighted by molar-refractivity contribution is 0.0693. The van der Waals surface area contributed by atoms with E-state index < -0.39 is 5.97 Å². The molecule has 2 N–H and O–H groups in total. The first-order chi connectivity index (χ1) is 6.61. The highest BCUT2D eigenvalue weighted by Gasteiger charge is 2.12. The average molecular weight is 192 g/mol. The Morgan fingerprint density at radius 3 is 2.86 bits per heavy atom. The number of hydrogen-bond donors (Lipinski definition) is 2. The Morgan fingerprint density at radius 1 is 1.50 bits per heavy atom. The zero-order valence-electron chi connectivity index (χ0n) is 7.44. The van der Waals surface area contributed by atoms with Crippen molar-refractivity contribution in [3.63, 3.8) is 0 Å². The van der Waals surface area contributed by atoms with Crippen LogP contribution in [0.25, 0.3) is 10.8 Å². The van der Waals surface area contributed by atoms with E-state index in [0.29, 0.717) is 10.8 Å². The third-order valence-electron chi connectivity index (χ3n) is 2.15. The third kappa shape index (κ3) is 1.02. The van der Waals surface area contributed by atoms with Crippen LogP contribution < -0.4 is 5.56 Å². The van der Waals surface area contributed by atoms with Gasteiger partial charge in [0.1, 0.15) is 5.69 Å². The summed E-state index contributed by atoms with van der Waals surface area (Å²) in [7, 11) is 1.62. The Hall–Kier alpha value is -2.04. The summed E-state index contributed by atoms with van der Waals surface area (Å²) in [5, 5.41) is 9.63. The molecule has 2 aromatic heterocycles. The summed E-state index contributed by atoms with van der Waals surface area (Å²) < 4.78 is 1.40. The zero-order chi connectivity index (χ0) is 10.3. The van der Waals surface area contributed by atoms with E-state index >= 15 is 0 Å². The predicted octanol–water partition coefficient (Wildman–Crippen LogP) is 0.565. The molecule has 0 unspecified atom stereocenters. The number of carboxylic acids is 1. The van der Waals surface area contributed by atoms with Crippen molar-refractivity contribution in [1.29, 1.82) is 0 Å². The maximum atomic E-state index is 11.5. The van der Waals surface area contributed by atoms with Gasteiger partial charge >= 0.3 is 5.97 Å². The average Bonchev–Trinajstić information content (AvgIpc) is 2.55. The highest BCUT2D eigenvalue weighted by Crippen LogP contribution is 2.13. The second-order valence-electron chi connectivity index (χ2n) is 3.03. The summed E-state index contributed by atoms with van der Waals surface area (Å²) in [6.45, 7) is 0. The minimum atomic E-state index is -1.06. The molecule has 0 amide bonds. The topological polar surface area (TPSA) is 75.1 Å². The van der Waals surface area contributed by atoms with E-state index in [9.17, 15) is 9.59 Å². The van der Waals surface area contributed by atoms with E-state index in [-0.39, 0.29) is 11.3 Å².